The summed E-state index contributed by atoms with van der Waals surface area (Å²) in [4.78, 5) is 5.79. The second-order valence-electron chi connectivity index (χ2n) is 4.75. The summed E-state index contributed by atoms with van der Waals surface area (Å²) < 4.78 is 0. The highest BCUT2D eigenvalue weighted by molar-refractivity contribution is 7.98. The quantitative estimate of drug-likeness (QED) is 0.848. The Morgan fingerprint density at radius 2 is 1.90 bits per heavy atom. The summed E-state index contributed by atoms with van der Waals surface area (Å²) in [6, 6.07) is 10.3. The minimum atomic E-state index is 0.716. The number of quaternary nitrogens is 1. The van der Waals surface area contributed by atoms with E-state index in [4.69, 9.17) is 0 Å². The number of thioether (sulfide) groups is 1. The van der Waals surface area contributed by atoms with Gasteiger partial charge in [0.2, 0.25) is 5.16 Å². The van der Waals surface area contributed by atoms with E-state index < -0.39 is 0 Å². The van der Waals surface area contributed by atoms with Gasteiger partial charge in [-0.1, -0.05) is 42.1 Å². The molecule has 0 atom stereocenters. The summed E-state index contributed by atoms with van der Waals surface area (Å²) in [6.07, 6.45) is 4.04. The first-order valence-corrected chi connectivity index (χ1v) is 7.50. The molecular formula is C15H19N4S+. The molecule has 1 heterocycles. The van der Waals surface area contributed by atoms with Crippen LogP contribution in [0.15, 0.2) is 41.7 Å². The van der Waals surface area contributed by atoms with Crippen molar-refractivity contribution >= 4 is 17.8 Å². The molecule has 2 aromatic rings. The summed E-state index contributed by atoms with van der Waals surface area (Å²) in [5.41, 5.74) is 3.00. The Morgan fingerprint density at radius 3 is 2.60 bits per heavy atom. The lowest BCUT2D eigenvalue weighted by Crippen LogP contribution is -3.00. The van der Waals surface area contributed by atoms with Gasteiger partial charge in [0.25, 0.3) is 0 Å². The standard InChI is InChI=1S/C15H18N4S/c1-12-14(9-10-19(2)3)16-15(18-17-12)20-11-13-7-5-4-6-8-13/h4-10H,11H2,1-3H3/p+1/b10-9+. The van der Waals surface area contributed by atoms with Gasteiger partial charge >= 0.3 is 0 Å². The number of hydrogen-bond donors (Lipinski definition) is 1. The molecule has 0 aliphatic heterocycles. The topological polar surface area (TPSA) is 43.1 Å². The molecule has 0 amide bonds. The van der Waals surface area contributed by atoms with Crippen LogP contribution < -0.4 is 4.90 Å². The largest absolute Gasteiger partial charge is 0.313 e. The molecule has 0 bridgehead atoms. The second kappa shape index (κ2) is 7.17. The molecular weight excluding hydrogens is 268 g/mol. The van der Waals surface area contributed by atoms with E-state index in [9.17, 15) is 0 Å². The molecule has 1 N–H and O–H groups in total. The Hall–Kier alpha value is -1.72. The molecule has 1 aromatic carbocycles. The van der Waals surface area contributed by atoms with Gasteiger partial charge < -0.3 is 4.90 Å². The van der Waals surface area contributed by atoms with E-state index in [1.165, 1.54) is 10.5 Å². The van der Waals surface area contributed by atoms with Crippen molar-refractivity contribution in [2.45, 2.75) is 17.8 Å². The first-order chi connectivity index (χ1) is 9.65. The van der Waals surface area contributed by atoms with Crippen LogP contribution in [0.2, 0.25) is 0 Å². The fourth-order valence-electron chi connectivity index (χ4n) is 1.56. The maximum absolute atomic E-state index is 4.55. The van der Waals surface area contributed by atoms with Gasteiger partial charge in [0, 0.05) is 11.8 Å². The number of benzene rings is 1. The van der Waals surface area contributed by atoms with Gasteiger partial charge in [0.05, 0.1) is 31.7 Å². The van der Waals surface area contributed by atoms with Crippen molar-refractivity contribution in [2.75, 3.05) is 14.1 Å². The van der Waals surface area contributed by atoms with E-state index in [1.807, 2.05) is 37.4 Å². The predicted molar refractivity (Wildman–Crippen MR) is 82.4 cm³/mol. The molecule has 0 fully saturated rings. The summed E-state index contributed by atoms with van der Waals surface area (Å²) in [5, 5.41) is 9.03. The zero-order valence-corrected chi connectivity index (χ0v) is 12.8. The van der Waals surface area contributed by atoms with E-state index in [1.54, 1.807) is 11.8 Å². The number of aromatic nitrogens is 3. The fraction of sp³-hybridized carbons (Fsp3) is 0.267. The van der Waals surface area contributed by atoms with Crippen LogP contribution in [0.1, 0.15) is 17.0 Å². The van der Waals surface area contributed by atoms with Crippen LogP contribution in [-0.2, 0) is 5.75 Å². The second-order valence-corrected chi connectivity index (χ2v) is 5.69. The molecule has 1 aromatic heterocycles. The summed E-state index contributed by atoms with van der Waals surface area (Å²) in [6.45, 7) is 1.93. The van der Waals surface area contributed by atoms with Crippen molar-refractivity contribution in [3.05, 3.63) is 53.5 Å². The molecule has 5 heteroatoms. The highest BCUT2D eigenvalue weighted by atomic mass is 32.2. The van der Waals surface area contributed by atoms with Crippen molar-refractivity contribution in [1.29, 1.82) is 0 Å². The van der Waals surface area contributed by atoms with Crippen molar-refractivity contribution in [1.82, 2.24) is 15.2 Å². The monoisotopic (exact) mass is 287 g/mol. The first kappa shape index (κ1) is 14.7. The lowest BCUT2D eigenvalue weighted by Gasteiger charge is -2.03. The first-order valence-electron chi connectivity index (χ1n) is 6.51. The van der Waals surface area contributed by atoms with E-state index in [0.717, 1.165) is 17.1 Å². The summed E-state index contributed by atoms with van der Waals surface area (Å²) >= 11 is 1.61. The Morgan fingerprint density at radius 1 is 1.15 bits per heavy atom. The van der Waals surface area contributed by atoms with Gasteiger partial charge in [0.1, 0.15) is 0 Å². The molecule has 0 radical (unpaired) electrons. The molecule has 0 spiro atoms. The van der Waals surface area contributed by atoms with Crippen LogP contribution in [0.4, 0.5) is 0 Å². The highest BCUT2D eigenvalue weighted by Crippen LogP contribution is 2.19. The molecule has 20 heavy (non-hydrogen) atoms. The Kier molecular flexibility index (Phi) is 5.26. The zero-order valence-electron chi connectivity index (χ0n) is 12.0. The lowest BCUT2D eigenvalue weighted by atomic mass is 10.2. The van der Waals surface area contributed by atoms with E-state index in [2.05, 4.69) is 41.4 Å². The average Bonchev–Trinajstić information content (AvgIpc) is 2.46. The molecule has 0 saturated carbocycles. The van der Waals surface area contributed by atoms with E-state index in [0.29, 0.717) is 5.16 Å². The molecule has 104 valence electrons. The Bertz CT molecular complexity index is 582. The highest BCUT2D eigenvalue weighted by Gasteiger charge is 2.05. The van der Waals surface area contributed by atoms with Gasteiger partial charge in [0.15, 0.2) is 0 Å². The van der Waals surface area contributed by atoms with Gasteiger partial charge in [-0.15, -0.1) is 5.10 Å². The predicted octanol–water partition coefficient (Wildman–Crippen LogP) is 1.59. The van der Waals surface area contributed by atoms with E-state index in [-0.39, 0.29) is 0 Å². The van der Waals surface area contributed by atoms with Crippen LogP contribution in [0.5, 0.6) is 0 Å². The minimum absolute atomic E-state index is 0.716. The summed E-state index contributed by atoms with van der Waals surface area (Å²) in [7, 11) is 4.12. The molecule has 4 nitrogen and oxygen atoms in total. The van der Waals surface area contributed by atoms with Crippen molar-refractivity contribution in [3.63, 3.8) is 0 Å². The number of nitrogens with one attached hydrogen (secondary N) is 1. The Balaban J connectivity index is 2.07. The SMILES string of the molecule is Cc1nnc(SCc2ccccc2)nc1/C=C/[NH+](C)C. The van der Waals surface area contributed by atoms with Crippen LogP contribution in [0.25, 0.3) is 6.08 Å². The van der Waals surface area contributed by atoms with Crippen LogP contribution in [0, 0.1) is 6.92 Å². The van der Waals surface area contributed by atoms with Crippen molar-refractivity contribution in [2.24, 2.45) is 0 Å². The molecule has 0 aliphatic rings. The van der Waals surface area contributed by atoms with Crippen LogP contribution in [-0.4, -0.2) is 29.3 Å². The smallest absolute Gasteiger partial charge is 0.209 e. The van der Waals surface area contributed by atoms with Crippen LogP contribution in [0.3, 0.4) is 0 Å². The van der Waals surface area contributed by atoms with Gasteiger partial charge in [-0.3, -0.25) is 0 Å². The maximum atomic E-state index is 4.55. The summed E-state index contributed by atoms with van der Waals surface area (Å²) in [5.74, 6) is 0.855. The third-order valence-electron chi connectivity index (χ3n) is 2.66. The number of hydrogen-bond acceptors (Lipinski definition) is 4. The molecule has 0 aliphatic carbocycles. The lowest BCUT2D eigenvalue weighted by molar-refractivity contribution is -0.800. The minimum Gasteiger partial charge on any atom is -0.313 e. The van der Waals surface area contributed by atoms with Gasteiger partial charge in [-0.2, -0.15) is 5.10 Å². The van der Waals surface area contributed by atoms with Gasteiger partial charge in [-0.05, 0) is 12.5 Å². The van der Waals surface area contributed by atoms with Gasteiger partial charge in [-0.25, -0.2) is 4.98 Å². The zero-order chi connectivity index (χ0) is 14.4. The molecule has 2 rings (SSSR count). The number of rotatable bonds is 5. The number of aryl methyl sites for hydroxylation is 1. The Labute approximate surface area is 123 Å². The maximum Gasteiger partial charge on any atom is 0.209 e. The third-order valence-corrected chi connectivity index (χ3v) is 3.57. The average molecular weight is 287 g/mol. The van der Waals surface area contributed by atoms with E-state index >= 15 is 0 Å². The molecule has 0 saturated heterocycles. The third kappa shape index (κ3) is 4.43. The molecule has 0 unspecified atom stereocenters. The van der Waals surface area contributed by atoms with Crippen LogP contribution >= 0.6 is 11.8 Å². The van der Waals surface area contributed by atoms with Crippen molar-refractivity contribution in [3.8, 4) is 0 Å². The normalized spacial score (nSPS) is 11.4. The fourth-order valence-corrected chi connectivity index (χ4v) is 2.31. The number of nitrogens with zero attached hydrogens (tertiary/aromatic N) is 3. The van der Waals surface area contributed by atoms with Crippen molar-refractivity contribution < 1.29 is 4.90 Å².